The molecule has 0 aromatic heterocycles. The summed E-state index contributed by atoms with van der Waals surface area (Å²) in [6.45, 7) is 1.55. The Bertz CT molecular complexity index is 93.1. The lowest BCUT2D eigenvalue weighted by molar-refractivity contribution is -0.117. The molecule has 9 heavy (non-hydrogen) atoms. The first-order valence-electron chi connectivity index (χ1n) is 2.86. The van der Waals surface area contributed by atoms with Crippen LogP contribution >= 0.6 is 23.2 Å². The van der Waals surface area contributed by atoms with Crippen molar-refractivity contribution in [2.24, 2.45) is 0 Å². The Balaban J connectivity index is 3.16. The van der Waals surface area contributed by atoms with Crippen LogP contribution in [0, 0.1) is 0 Å². The number of alkyl halides is 2. The largest absolute Gasteiger partial charge is 0.300 e. The van der Waals surface area contributed by atoms with Gasteiger partial charge in [0.25, 0.3) is 0 Å². The number of hydrogen-bond donors (Lipinski definition) is 0. The van der Waals surface area contributed by atoms with Crippen molar-refractivity contribution in [2.45, 2.75) is 25.1 Å². The second kappa shape index (κ2) is 5.07. The second-order valence-corrected chi connectivity index (χ2v) is 2.92. The van der Waals surface area contributed by atoms with Crippen molar-refractivity contribution in [3.05, 3.63) is 0 Å². The number of Topliss-reactive ketones (excluding diaryl/α,β-unsaturated/α-hetero) is 1. The molecule has 0 aliphatic heterocycles. The van der Waals surface area contributed by atoms with Crippen molar-refractivity contribution in [3.63, 3.8) is 0 Å². The summed E-state index contributed by atoms with van der Waals surface area (Å²) in [5.74, 6) is 0.597. The zero-order chi connectivity index (χ0) is 7.28. The molecule has 0 N–H and O–H groups in total. The van der Waals surface area contributed by atoms with Crippen molar-refractivity contribution >= 4 is 29.0 Å². The molecule has 0 amide bonds. The summed E-state index contributed by atoms with van der Waals surface area (Å²) >= 11 is 11.0. The molecule has 0 radical (unpaired) electrons. The zero-order valence-electron chi connectivity index (χ0n) is 5.36. The molecule has 0 aliphatic carbocycles. The fraction of sp³-hybridized carbons (Fsp3) is 0.833. The van der Waals surface area contributed by atoms with E-state index in [4.69, 9.17) is 23.2 Å². The molecule has 0 bridgehead atoms. The monoisotopic (exact) mass is 168 g/mol. The molecule has 0 spiro atoms. The van der Waals surface area contributed by atoms with Crippen LogP contribution in [0.15, 0.2) is 0 Å². The van der Waals surface area contributed by atoms with Gasteiger partial charge in [0.15, 0.2) is 0 Å². The van der Waals surface area contributed by atoms with Crippen LogP contribution < -0.4 is 0 Å². The smallest absolute Gasteiger partial charge is 0.129 e. The third-order valence-corrected chi connectivity index (χ3v) is 1.88. The summed E-state index contributed by atoms with van der Waals surface area (Å²) in [7, 11) is 0. The molecule has 0 saturated heterocycles. The molecule has 1 atom stereocenters. The highest BCUT2D eigenvalue weighted by molar-refractivity contribution is 6.28. The number of carbonyl (C=O) groups excluding carboxylic acids is 1. The van der Waals surface area contributed by atoms with Gasteiger partial charge in [-0.2, -0.15) is 0 Å². The molecule has 0 aromatic rings. The summed E-state index contributed by atoms with van der Waals surface area (Å²) in [5, 5.41) is -0.0458. The van der Waals surface area contributed by atoms with E-state index in [0.29, 0.717) is 18.7 Å². The van der Waals surface area contributed by atoms with Gasteiger partial charge in [0, 0.05) is 17.7 Å². The van der Waals surface area contributed by atoms with Crippen LogP contribution in [0.25, 0.3) is 0 Å². The van der Waals surface area contributed by atoms with Gasteiger partial charge in [-0.15, -0.1) is 23.2 Å². The lowest BCUT2D eigenvalue weighted by Crippen LogP contribution is -2.02. The molecule has 0 heterocycles. The van der Waals surface area contributed by atoms with E-state index in [1.165, 1.54) is 0 Å². The van der Waals surface area contributed by atoms with Crippen molar-refractivity contribution in [2.75, 3.05) is 5.88 Å². The van der Waals surface area contributed by atoms with Gasteiger partial charge in [-0.25, -0.2) is 0 Å². The average molecular weight is 169 g/mol. The highest BCUT2D eigenvalue weighted by atomic mass is 35.5. The Kier molecular flexibility index (Phi) is 5.21. The van der Waals surface area contributed by atoms with E-state index in [0.717, 1.165) is 0 Å². The minimum Gasteiger partial charge on any atom is -0.300 e. The Hall–Kier alpha value is 0.250. The van der Waals surface area contributed by atoms with Crippen LogP contribution in [0.3, 0.4) is 0 Å². The highest BCUT2D eigenvalue weighted by Crippen LogP contribution is 2.06. The standard InChI is InChI=1S/C6H10Cl2O/c1-5(9)2-3-6(8)4-7/h6H,2-4H2,1H3. The fourth-order valence-electron chi connectivity index (χ4n) is 0.437. The van der Waals surface area contributed by atoms with Gasteiger partial charge in [0.05, 0.1) is 0 Å². The van der Waals surface area contributed by atoms with E-state index in [9.17, 15) is 4.79 Å². The average Bonchev–Trinajstić information content (AvgIpc) is 1.83. The molecule has 0 rings (SSSR count). The summed E-state index contributed by atoms with van der Waals surface area (Å²) in [5.41, 5.74) is 0. The Morgan fingerprint density at radius 2 is 2.22 bits per heavy atom. The molecule has 54 valence electrons. The molecule has 0 saturated carbocycles. The normalized spacial score (nSPS) is 13.2. The van der Waals surface area contributed by atoms with Crippen molar-refractivity contribution in [1.29, 1.82) is 0 Å². The number of ketones is 1. The summed E-state index contributed by atoms with van der Waals surface area (Å²) < 4.78 is 0. The van der Waals surface area contributed by atoms with E-state index in [-0.39, 0.29) is 11.2 Å². The molecule has 1 nitrogen and oxygen atoms in total. The maximum Gasteiger partial charge on any atom is 0.129 e. The van der Waals surface area contributed by atoms with Crippen molar-refractivity contribution < 1.29 is 4.79 Å². The molecule has 0 fully saturated rings. The fourth-order valence-corrected chi connectivity index (χ4v) is 0.700. The summed E-state index contributed by atoms with van der Waals surface area (Å²) in [6.07, 6.45) is 1.24. The zero-order valence-corrected chi connectivity index (χ0v) is 6.87. The van der Waals surface area contributed by atoms with Gasteiger partial charge in [-0.3, -0.25) is 0 Å². The van der Waals surface area contributed by atoms with Gasteiger partial charge in [0.2, 0.25) is 0 Å². The lowest BCUT2D eigenvalue weighted by atomic mass is 10.2. The van der Waals surface area contributed by atoms with Crippen LogP contribution in [0.1, 0.15) is 19.8 Å². The van der Waals surface area contributed by atoms with E-state index in [1.54, 1.807) is 6.92 Å². The van der Waals surface area contributed by atoms with Crippen LogP contribution in [0.5, 0.6) is 0 Å². The molecule has 3 heteroatoms. The van der Waals surface area contributed by atoms with Gasteiger partial charge in [-0.05, 0) is 13.3 Å². The minimum atomic E-state index is -0.0458. The molecular formula is C6H10Cl2O. The van der Waals surface area contributed by atoms with E-state index in [2.05, 4.69) is 0 Å². The maximum atomic E-state index is 10.4. The van der Waals surface area contributed by atoms with Gasteiger partial charge in [0.1, 0.15) is 5.78 Å². The first-order valence-corrected chi connectivity index (χ1v) is 3.83. The summed E-state index contributed by atoms with van der Waals surface area (Å²) in [4.78, 5) is 10.4. The van der Waals surface area contributed by atoms with Crippen molar-refractivity contribution in [1.82, 2.24) is 0 Å². The quantitative estimate of drug-likeness (QED) is 0.589. The molecule has 1 unspecified atom stereocenters. The first kappa shape index (κ1) is 9.25. The number of rotatable bonds is 4. The Morgan fingerprint density at radius 1 is 1.67 bits per heavy atom. The van der Waals surface area contributed by atoms with Crippen LogP contribution in [-0.2, 0) is 4.79 Å². The van der Waals surface area contributed by atoms with E-state index >= 15 is 0 Å². The van der Waals surface area contributed by atoms with Gasteiger partial charge < -0.3 is 4.79 Å². The van der Waals surface area contributed by atoms with Gasteiger partial charge in [-0.1, -0.05) is 0 Å². The Labute approximate surface area is 65.3 Å². The van der Waals surface area contributed by atoms with Crippen molar-refractivity contribution in [3.8, 4) is 0 Å². The third-order valence-electron chi connectivity index (χ3n) is 0.977. The molecule has 0 aromatic carbocycles. The Morgan fingerprint density at radius 3 is 2.56 bits per heavy atom. The van der Waals surface area contributed by atoms with Crippen LogP contribution in [0.4, 0.5) is 0 Å². The van der Waals surface area contributed by atoms with E-state index < -0.39 is 0 Å². The summed E-state index contributed by atoms with van der Waals surface area (Å²) in [6, 6.07) is 0. The second-order valence-electron chi connectivity index (χ2n) is 1.99. The SMILES string of the molecule is CC(=O)CCC(Cl)CCl. The predicted molar refractivity (Wildman–Crippen MR) is 40.3 cm³/mol. The lowest BCUT2D eigenvalue weighted by Gasteiger charge is -2.00. The minimum absolute atomic E-state index is 0.0458. The first-order chi connectivity index (χ1) is 4.16. The molecular weight excluding hydrogens is 159 g/mol. The molecule has 0 aliphatic rings. The maximum absolute atomic E-state index is 10.4. The number of hydrogen-bond acceptors (Lipinski definition) is 1. The number of carbonyl (C=O) groups is 1. The predicted octanol–water partition coefficient (Wildman–Crippen LogP) is 2.20. The number of halogens is 2. The van der Waals surface area contributed by atoms with Crippen LogP contribution in [-0.4, -0.2) is 17.0 Å². The topological polar surface area (TPSA) is 17.1 Å². The third kappa shape index (κ3) is 6.13. The van der Waals surface area contributed by atoms with Crippen LogP contribution in [0.2, 0.25) is 0 Å². The van der Waals surface area contributed by atoms with E-state index in [1.807, 2.05) is 0 Å². The highest BCUT2D eigenvalue weighted by Gasteiger charge is 2.02. The van der Waals surface area contributed by atoms with Gasteiger partial charge >= 0.3 is 0 Å².